The summed E-state index contributed by atoms with van der Waals surface area (Å²) in [6, 6.07) is 23.9. The molecule has 0 radical (unpaired) electrons. The van der Waals surface area contributed by atoms with Crippen molar-refractivity contribution in [2.24, 2.45) is 10.2 Å². The molecule has 0 heterocycles. The van der Waals surface area contributed by atoms with Gasteiger partial charge in [0.2, 0.25) is 0 Å². The average molecular weight is 401 g/mol. The van der Waals surface area contributed by atoms with Gasteiger partial charge in [-0.3, -0.25) is 0 Å². The van der Waals surface area contributed by atoms with Crippen LogP contribution in [0.25, 0.3) is 0 Å². The smallest absolute Gasteiger partial charge is 0.123 e. The fraction of sp³-hybridized carbons (Fsp3) is 0.333. The SMILES string of the molecule is CC(C)(C)c1cc(C(N=Nc2ccccc2)c2ccccc2)cc(C(C)(C)C)c1O. The summed E-state index contributed by atoms with van der Waals surface area (Å²) in [5, 5.41) is 20.4. The maximum atomic E-state index is 11.1. The van der Waals surface area contributed by atoms with Crippen molar-refractivity contribution < 1.29 is 5.11 Å². The number of phenolic OH excluding ortho intramolecular Hbond substituents is 1. The predicted octanol–water partition coefficient (Wildman–Crippen LogP) is 7.86. The minimum atomic E-state index is -0.255. The van der Waals surface area contributed by atoms with Crippen molar-refractivity contribution in [2.45, 2.75) is 58.4 Å². The molecule has 0 saturated carbocycles. The first-order valence-corrected chi connectivity index (χ1v) is 10.5. The zero-order valence-corrected chi connectivity index (χ0v) is 18.8. The average Bonchev–Trinajstić information content (AvgIpc) is 2.69. The van der Waals surface area contributed by atoms with Gasteiger partial charge in [-0.05, 0) is 57.3 Å². The highest BCUT2D eigenvalue weighted by Gasteiger charge is 2.28. The van der Waals surface area contributed by atoms with Crippen LogP contribution in [0.5, 0.6) is 5.75 Å². The summed E-state index contributed by atoms with van der Waals surface area (Å²) in [5.41, 5.74) is 4.40. The number of nitrogens with zero attached hydrogens (tertiary/aromatic N) is 2. The van der Waals surface area contributed by atoms with Crippen LogP contribution in [0.3, 0.4) is 0 Å². The monoisotopic (exact) mass is 400 g/mol. The topological polar surface area (TPSA) is 45.0 Å². The number of hydrogen-bond acceptors (Lipinski definition) is 3. The lowest BCUT2D eigenvalue weighted by Gasteiger charge is -2.29. The number of rotatable bonds is 4. The molecule has 0 saturated heterocycles. The highest BCUT2D eigenvalue weighted by molar-refractivity contribution is 5.52. The van der Waals surface area contributed by atoms with Crippen LogP contribution in [0.15, 0.2) is 83.0 Å². The molecule has 0 amide bonds. The third kappa shape index (κ3) is 4.96. The summed E-state index contributed by atoms with van der Waals surface area (Å²) in [5.74, 6) is 0.380. The fourth-order valence-corrected chi connectivity index (χ4v) is 3.54. The van der Waals surface area contributed by atoms with Gasteiger partial charge in [-0.2, -0.15) is 10.2 Å². The van der Waals surface area contributed by atoms with Crippen LogP contribution in [-0.2, 0) is 10.8 Å². The molecule has 1 atom stereocenters. The van der Waals surface area contributed by atoms with Crippen LogP contribution < -0.4 is 0 Å². The maximum absolute atomic E-state index is 11.1. The van der Waals surface area contributed by atoms with Crippen molar-refractivity contribution in [3.05, 3.63) is 95.1 Å². The molecule has 3 nitrogen and oxygen atoms in total. The highest BCUT2D eigenvalue weighted by Crippen LogP contribution is 2.42. The lowest BCUT2D eigenvalue weighted by atomic mass is 9.77. The van der Waals surface area contributed by atoms with Gasteiger partial charge in [-0.15, -0.1) is 0 Å². The second-order valence-corrected chi connectivity index (χ2v) is 9.83. The number of benzene rings is 3. The van der Waals surface area contributed by atoms with E-state index in [0.29, 0.717) is 5.75 Å². The maximum Gasteiger partial charge on any atom is 0.123 e. The van der Waals surface area contributed by atoms with Crippen LogP contribution in [0.1, 0.15) is 69.8 Å². The number of phenols is 1. The van der Waals surface area contributed by atoms with E-state index in [-0.39, 0.29) is 16.9 Å². The van der Waals surface area contributed by atoms with Crippen molar-refractivity contribution in [3.8, 4) is 5.75 Å². The number of hydrogen-bond donors (Lipinski definition) is 1. The van der Waals surface area contributed by atoms with Gasteiger partial charge < -0.3 is 5.11 Å². The quantitative estimate of drug-likeness (QED) is 0.445. The Morgan fingerprint density at radius 2 is 1.13 bits per heavy atom. The molecule has 1 unspecified atom stereocenters. The van der Waals surface area contributed by atoms with Crippen LogP contribution in [0.4, 0.5) is 5.69 Å². The summed E-state index contributed by atoms with van der Waals surface area (Å²) in [6.45, 7) is 12.8. The van der Waals surface area contributed by atoms with Crippen LogP contribution >= 0.6 is 0 Å². The molecule has 1 N–H and O–H groups in total. The molecule has 3 aromatic carbocycles. The fourth-order valence-electron chi connectivity index (χ4n) is 3.54. The van der Waals surface area contributed by atoms with E-state index in [1.54, 1.807) is 0 Å². The van der Waals surface area contributed by atoms with E-state index >= 15 is 0 Å². The lowest BCUT2D eigenvalue weighted by molar-refractivity contribution is 0.422. The second kappa shape index (κ2) is 8.43. The summed E-state index contributed by atoms with van der Waals surface area (Å²) in [7, 11) is 0. The van der Waals surface area contributed by atoms with Gasteiger partial charge in [-0.1, -0.05) is 90.1 Å². The summed E-state index contributed by atoms with van der Waals surface area (Å²) in [4.78, 5) is 0. The van der Waals surface area contributed by atoms with Crippen molar-refractivity contribution in [3.63, 3.8) is 0 Å². The Kier molecular flexibility index (Phi) is 6.12. The molecule has 30 heavy (non-hydrogen) atoms. The zero-order valence-electron chi connectivity index (χ0n) is 18.8. The Morgan fingerprint density at radius 3 is 1.60 bits per heavy atom. The van der Waals surface area contributed by atoms with E-state index < -0.39 is 0 Å². The first-order valence-electron chi connectivity index (χ1n) is 10.5. The minimum absolute atomic E-state index is 0.197. The summed E-state index contributed by atoms with van der Waals surface area (Å²) in [6.07, 6.45) is 0. The van der Waals surface area contributed by atoms with Gasteiger partial charge >= 0.3 is 0 Å². The van der Waals surface area contributed by atoms with Gasteiger partial charge in [0.15, 0.2) is 0 Å². The van der Waals surface area contributed by atoms with Crippen LogP contribution in [0.2, 0.25) is 0 Å². The van der Waals surface area contributed by atoms with Crippen LogP contribution in [-0.4, -0.2) is 5.11 Å². The zero-order chi connectivity index (χ0) is 21.9. The molecule has 3 heteroatoms. The predicted molar refractivity (Wildman–Crippen MR) is 125 cm³/mol. The summed E-state index contributed by atoms with van der Waals surface area (Å²) < 4.78 is 0. The summed E-state index contributed by atoms with van der Waals surface area (Å²) >= 11 is 0. The normalized spacial score (nSPS) is 13.5. The number of aromatic hydroxyl groups is 1. The van der Waals surface area contributed by atoms with Gasteiger partial charge in [0.1, 0.15) is 11.8 Å². The van der Waals surface area contributed by atoms with Crippen LogP contribution in [0, 0.1) is 0 Å². The third-order valence-electron chi connectivity index (χ3n) is 5.22. The lowest BCUT2D eigenvalue weighted by Crippen LogP contribution is -2.18. The van der Waals surface area contributed by atoms with Gasteiger partial charge in [0, 0.05) is 0 Å². The molecule has 3 rings (SSSR count). The van der Waals surface area contributed by atoms with E-state index in [4.69, 9.17) is 5.11 Å². The Morgan fingerprint density at radius 1 is 0.667 bits per heavy atom. The Hall–Kier alpha value is -2.94. The highest BCUT2D eigenvalue weighted by atomic mass is 16.3. The van der Waals surface area contributed by atoms with Crippen molar-refractivity contribution in [1.29, 1.82) is 0 Å². The third-order valence-corrected chi connectivity index (χ3v) is 5.22. The van der Waals surface area contributed by atoms with Gasteiger partial charge in [0.05, 0.1) is 5.69 Å². The molecule has 156 valence electrons. The minimum Gasteiger partial charge on any atom is -0.507 e. The standard InChI is InChI=1S/C27H32N2O/c1-26(2,3)22-17-20(18-23(25(22)30)27(4,5)6)24(19-13-9-7-10-14-19)29-28-21-15-11-8-12-16-21/h7-18,24,30H,1-6H3. The Bertz CT molecular complexity index is 975. The molecule has 0 aliphatic heterocycles. The molecular formula is C27H32N2O. The van der Waals surface area contributed by atoms with Gasteiger partial charge in [-0.25, -0.2) is 0 Å². The molecule has 3 aromatic rings. The van der Waals surface area contributed by atoms with E-state index in [2.05, 4.69) is 70.9 Å². The molecule has 0 aliphatic rings. The van der Waals surface area contributed by atoms with E-state index in [1.807, 2.05) is 48.5 Å². The first-order chi connectivity index (χ1) is 14.1. The van der Waals surface area contributed by atoms with E-state index in [9.17, 15) is 5.11 Å². The molecule has 0 aromatic heterocycles. The van der Waals surface area contributed by atoms with Crippen molar-refractivity contribution in [1.82, 2.24) is 0 Å². The van der Waals surface area contributed by atoms with Crippen molar-refractivity contribution >= 4 is 5.69 Å². The number of azo groups is 1. The molecule has 0 spiro atoms. The first kappa shape index (κ1) is 21.8. The molecular weight excluding hydrogens is 368 g/mol. The Labute approximate surface area is 180 Å². The largest absolute Gasteiger partial charge is 0.507 e. The van der Waals surface area contributed by atoms with E-state index in [0.717, 1.165) is 27.9 Å². The van der Waals surface area contributed by atoms with E-state index in [1.165, 1.54) is 0 Å². The molecule has 0 fully saturated rings. The molecule has 0 aliphatic carbocycles. The van der Waals surface area contributed by atoms with Crippen molar-refractivity contribution in [2.75, 3.05) is 0 Å². The second-order valence-electron chi connectivity index (χ2n) is 9.83. The molecule has 0 bridgehead atoms. The van der Waals surface area contributed by atoms with Gasteiger partial charge in [0.25, 0.3) is 0 Å². The Balaban J connectivity index is 2.21.